The summed E-state index contributed by atoms with van der Waals surface area (Å²) in [6.07, 6.45) is 3.08. The second-order valence-electron chi connectivity index (χ2n) is 5.75. The Bertz CT molecular complexity index is 505. The van der Waals surface area contributed by atoms with Crippen LogP contribution in [0.3, 0.4) is 0 Å². The van der Waals surface area contributed by atoms with Gasteiger partial charge in [-0.15, -0.1) is 0 Å². The summed E-state index contributed by atoms with van der Waals surface area (Å²) in [5, 5.41) is 5.48. The highest BCUT2D eigenvalue weighted by atomic mass is 16.2. The molecule has 1 aliphatic rings. The fourth-order valence-electron chi connectivity index (χ4n) is 2.87. The van der Waals surface area contributed by atoms with Crippen LogP contribution in [0, 0.1) is 5.92 Å². The van der Waals surface area contributed by atoms with Crippen molar-refractivity contribution in [3.05, 3.63) is 35.4 Å². The molecule has 0 aromatic heterocycles. The number of carbonyl (C=O) groups excluding carboxylic acids is 2. The topological polar surface area (TPSA) is 61.4 Å². The lowest BCUT2D eigenvalue weighted by Gasteiger charge is -2.32. The Morgan fingerprint density at radius 1 is 1.18 bits per heavy atom. The number of nitrogens with zero attached hydrogens (tertiary/aromatic N) is 1. The van der Waals surface area contributed by atoms with Crippen LogP contribution in [0.2, 0.25) is 0 Å². The number of likely N-dealkylation sites (tertiary alicyclic amines) is 1. The number of piperidine rings is 1. The molecule has 1 saturated heterocycles. The van der Waals surface area contributed by atoms with Gasteiger partial charge in [-0.1, -0.05) is 12.1 Å². The molecule has 0 saturated carbocycles. The highest BCUT2D eigenvalue weighted by Gasteiger charge is 2.22. The third-order valence-electron chi connectivity index (χ3n) is 4.20. The molecular weight excluding hydrogens is 278 g/mol. The standard InChI is InChI=1S/C17H25N3O2/c1-3-19-17(22)20-10-8-14(9-11-20)12-13-4-6-15(7-5-13)16(21)18-2/h4-7,14H,3,8-12H2,1-2H3,(H,18,21)(H,19,22). The van der Waals surface area contributed by atoms with Gasteiger partial charge in [0.15, 0.2) is 0 Å². The molecule has 5 heteroatoms. The first kappa shape index (κ1) is 16.3. The van der Waals surface area contributed by atoms with E-state index in [4.69, 9.17) is 0 Å². The SMILES string of the molecule is CCNC(=O)N1CCC(Cc2ccc(C(=O)NC)cc2)CC1. The van der Waals surface area contributed by atoms with Gasteiger partial charge in [0.2, 0.25) is 0 Å². The van der Waals surface area contributed by atoms with E-state index in [2.05, 4.69) is 10.6 Å². The lowest BCUT2D eigenvalue weighted by Crippen LogP contribution is -2.44. The lowest BCUT2D eigenvalue weighted by molar-refractivity contribution is 0.0963. The number of urea groups is 1. The van der Waals surface area contributed by atoms with Gasteiger partial charge in [0, 0.05) is 32.2 Å². The zero-order chi connectivity index (χ0) is 15.9. The van der Waals surface area contributed by atoms with Gasteiger partial charge in [0.05, 0.1) is 0 Å². The van der Waals surface area contributed by atoms with E-state index in [0.29, 0.717) is 18.0 Å². The quantitative estimate of drug-likeness (QED) is 0.894. The van der Waals surface area contributed by atoms with Crippen LogP contribution in [-0.2, 0) is 6.42 Å². The van der Waals surface area contributed by atoms with Gasteiger partial charge in [0.25, 0.3) is 5.91 Å². The molecule has 1 aromatic carbocycles. The molecule has 0 radical (unpaired) electrons. The number of benzene rings is 1. The van der Waals surface area contributed by atoms with Gasteiger partial charge in [-0.25, -0.2) is 4.79 Å². The first-order valence-electron chi connectivity index (χ1n) is 7.97. The maximum Gasteiger partial charge on any atom is 0.317 e. The van der Waals surface area contributed by atoms with Crippen LogP contribution in [0.1, 0.15) is 35.7 Å². The first-order valence-corrected chi connectivity index (χ1v) is 7.97. The van der Waals surface area contributed by atoms with Crippen molar-refractivity contribution < 1.29 is 9.59 Å². The maximum atomic E-state index is 11.8. The van der Waals surface area contributed by atoms with E-state index in [0.717, 1.165) is 32.4 Å². The summed E-state index contributed by atoms with van der Waals surface area (Å²) in [6.45, 7) is 4.27. The fourth-order valence-corrected chi connectivity index (χ4v) is 2.87. The maximum absolute atomic E-state index is 11.8. The van der Waals surface area contributed by atoms with Gasteiger partial charge in [-0.05, 0) is 49.8 Å². The van der Waals surface area contributed by atoms with Gasteiger partial charge in [-0.2, -0.15) is 0 Å². The first-order chi connectivity index (χ1) is 10.6. The molecule has 3 amide bonds. The van der Waals surface area contributed by atoms with Crippen LogP contribution in [0.4, 0.5) is 4.79 Å². The van der Waals surface area contributed by atoms with Gasteiger partial charge in [-0.3, -0.25) is 4.79 Å². The van der Waals surface area contributed by atoms with E-state index in [-0.39, 0.29) is 11.9 Å². The summed E-state index contributed by atoms with van der Waals surface area (Å²) < 4.78 is 0. The molecular formula is C17H25N3O2. The molecule has 0 unspecified atom stereocenters. The van der Waals surface area contributed by atoms with Crippen LogP contribution in [-0.4, -0.2) is 43.5 Å². The minimum absolute atomic E-state index is 0.0517. The molecule has 2 N–H and O–H groups in total. The fraction of sp³-hybridized carbons (Fsp3) is 0.529. The van der Waals surface area contributed by atoms with Crippen molar-refractivity contribution in [3.63, 3.8) is 0 Å². The molecule has 1 heterocycles. The number of carbonyl (C=O) groups is 2. The summed E-state index contributed by atoms with van der Waals surface area (Å²) in [7, 11) is 1.64. The van der Waals surface area contributed by atoms with Gasteiger partial charge < -0.3 is 15.5 Å². The summed E-state index contributed by atoms with van der Waals surface area (Å²) in [5.74, 6) is 0.554. The zero-order valence-corrected chi connectivity index (χ0v) is 13.4. The van der Waals surface area contributed by atoms with E-state index in [9.17, 15) is 9.59 Å². The largest absolute Gasteiger partial charge is 0.355 e. The molecule has 1 aromatic rings. The third kappa shape index (κ3) is 4.23. The normalized spacial score (nSPS) is 15.5. The van der Waals surface area contributed by atoms with Crippen LogP contribution < -0.4 is 10.6 Å². The molecule has 120 valence electrons. The second-order valence-corrected chi connectivity index (χ2v) is 5.75. The second kappa shape index (κ2) is 7.82. The molecule has 0 aliphatic carbocycles. The van der Waals surface area contributed by atoms with Crippen molar-refractivity contribution >= 4 is 11.9 Å². The van der Waals surface area contributed by atoms with E-state index in [1.54, 1.807) is 7.05 Å². The predicted molar refractivity (Wildman–Crippen MR) is 86.9 cm³/mol. The Morgan fingerprint density at radius 2 is 1.82 bits per heavy atom. The summed E-state index contributed by atoms with van der Waals surface area (Å²) in [4.78, 5) is 25.2. The minimum Gasteiger partial charge on any atom is -0.355 e. The van der Waals surface area contributed by atoms with Crippen LogP contribution in [0.25, 0.3) is 0 Å². The van der Waals surface area contributed by atoms with Crippen LogP contribution >= 0.6 is 0 Å². The highest BCUT2D eigenvalue weighted by Crippen LogP contribution is 2.22. The number of amides is 3. The summed E-state index contributed by atoms with van der Waals surface area (Å²) >= 11 is 0. The Morgan fingerprint density at radius 3 is 2.36 bits per heavy atom. The Labute approximate surface area is 132 Å². The molecule has 2 rings (SSSR count). The van der Waals surface area contributed by atoms with Gasteiger partial charge >= 0.3 is 6.03 Å². The average Bonchev–Trinajstić information content (AvgIpc) is 2.55. The highest BCUT2D eigenvalue weighted by molar-refractivity contribution is 5.93. The molecule has 0 atom stereocenters. The van der Waals surface area contributed by atoms with Crippen molar-refractivity contribution in [2.45, 2.75) is 26.2 Å². The monoisotopic (exact) mass is 303 g/mol. The van der Waals surface area contributed by atoms with Crippen molar-refractivity contribution in [3.8, 4) is 0 Å². The number of nitrogens with one attached hydrogen (secondary N) is 2. The van der Waals surface area contributed by atoms with Gasteiger partial charge in [0.1, 0.15) is 0 Å². The number of rotatable bonds is 4. The molecule has 0 bridgehead atoms. The van der Waals surface area contributed by atoms with Crippen LogP contribution in [0.15, 0.2) is 24.3 Å². The van der Waals surface area contributed by atoms with Crippen molar-refractivity contribution in [2.24, 2.45) is 5.92 Å². The Hall–Kier alpha value is -2.04. The Kier molecular flexibility index (Phi) is 5.81. The lowest BCUT2D eigenvalue weighted by atomic mass is 9.90. The van der Waals surface area contributed by atoms with Crippen molar-refractivity contribution in [1.29, 1.82) is 0 Å². The average molecular weight is 303 g/mol. The molecule has 5 nitrogen and oxygen atoms in total. The van der Waals surface area contributed by atoms with Crippen molar-refractivity contribution in [1.82, 2.24) is 15.5 Å². The molecule has 1 aliphatic heterocycles. The molecule has 22 heavy (non-hydrogen) atoms. The number of hydrogen-bond acceptors (Lipinski definition) is 2. The van der Waals surface area contributed by atoms with E-state index >= 15 is 0 Å². The smallest absolute Gasteiger partial charge is 0.317 e. The zero-order valence-electron chi connectivity index (χ0n) is 13.4. The van der Waals surface area contributed by atoms with Crippen molar-refractivity contribution in [2.75, 3.05) is 26.7 Å². The summed E-state index contributed by atoms with van der Waals surface area (Å²) in [5.41, 5.74) is 1.95. The Balaban J connectivity index is 1.83. The van der Waals surface area contributed by atoms with E-state index in [1.807, 2.05) is 36.1 Å². The summed E-state index contributed by atoms with van der Waals surface area (Å²) in [6, 6.07) is 7.85. The number of hydrogen-bond donors (Lipinski definition) is 2. The molecule has 0 spiro atoms. The van der Waals surface area contributed by atoms with E-state index < -0.39 is 0 Å². The minimum atomic E-state index is -0.0539. The third-order valence-corrected chi connectivity index (χ3v) is 4.20. The molecule has 1 fully saturated rings. The van der Waals surface area contributed by atoms with E-state index in [1.165, 1.54) is 5.56 Å². The predicted octanol–water partition coefficient (Wildman–Crippen LogP) is 2.03. The van der Waals surface area contributed by atoms with Crippen LogP contribution in [0.5, 0.6) is 0 Å².